The topological polar surface area (TPSA) is 86.7 Å². The summed E-state index contributed by atoms with van der Waals surface area (Å²) in [6.07, 6.45) is 1.94. The summed E-state index contributed by atoms with van der Waals surface area (Å²) in [6.45, 7) is 0.418. The predicted molar refractivity (Wildman–Crippen MR) is 121 cm³/mol. The van der Waals surface area contributed by atoms with Crippen molar-refractivity contribution in [1.29, 1.82) is 0 Å². The number of hydrogen-bond donors (Lipinski definition) is 2. The molecule has 5 rings (SSSR count). The summed E-state index contributed by atoms with van der Waals surface area (Å²) in [5.74, 6) is -2.46. The number of hydrogen-bond acceptors (Lipinski definition) is 3. The van der Waals surface area contributed by atoms with E-state index in [1.165, 1.54) is 0 Å². The number of piperidine rings is 1. The molecule has 8 heteroatoms. The van der Waals surface area contributed by atoms with Gasteiger partial charge in [0.2, 0.25) is 5.91 Å². The average molecular weight is 473 g/mol. The molecular formula is C24H22Cl2N2O4. The Hall–Kier alpha value is -2.57. The van der Waals surface area contributed by atoms with Gasteiger partial charge in [0.1, 0.15) is 0 Å². The molecule has 2 aliphatic heterocycles. The Kier molecular flexibility index (Phi) is 5.18. The number of benzene rings is 2. The molecule has 1 saturated heterocycles. The molecule has 1 unspecified atom stereocenters. The van der Waals surface area contributed by atoms with E-state index < -0.39 is 23.3 Å². The standard InChI is InChI=1S/C24H22Cl2N2O4/c25-16-3-1-2-14(8-16)19-9-15(10-21(29)30)22(31)28(12-13-4-5-13)24(19)18-7-6-17(26)11-20(18)27-23(24)32/h1-3,6-8,11,13,15,19H,4-5,9-10,12H2,(H,27,32)(H,29,30)/t15-,19?,24-/m0/s1. The van der Waals surface area contributed by atoms with Gasteiger partial charge in [0.05, 0.1) is 6.42 Å². The highest BCUT2D eigenvalue weighted by Gasteiger charge is 2.62. The maximum atomic E-state index is 13.8. The Morgan fingerprint density at radius 2 is 1.88 bits per heavy atom. The molecule has 2 fully saturated rings. The van der Waals surface area contributed by atoms with E-state index in [9.17, 15) is 19.5 Å². The number of anilines is 1. The molecular weight excluding hydrogens is 451 g/mol. The van der Waals surface area contributed by atoms with Crippen LogP contribution in [0.15, 0.2) is 42.5 Å². The molecule has 0 bridgehead atoms. The third-order valence-corrected chi connectivity index (χ3v) is 7.33. The molecule has 2 heterocycles. The number of carbonyl (C=O) groups excluding carboxylic acids is 2. The molecule has 1 aliphatic carbocycles. The fraction of sp³-hybridized carbons (Fsp3) is 0.375. The van der Waals surface area contributed by atoms with Gasteiger partial charge in [0.25, 0.3) is 5.91 Å². The summed E-state index contributed by atoms with van der Waals surface area (Å²) in [7, 11) is 0. The van der Waals surface area contributed by atoms with Gasteiger partial charge >= 0.3 is 5.97 Å². The molecule has 0 aromatic heterocycles. The predicted octanol–water partition coefficient (Wildman–Crippen LogP) is 4.66. The van der Waals surface area contributed by atoms with E-state index in [1.807, 2.05) is 12.1 Å². The van der Waals surface area contributed by atoms with Gasteiger partial charge in [-0.05, 0) is 55.0 Å². The third kappa shape index (κ3) is 3.37. The van der Waals surface area contributed by atoms with E-state index in [-0.39, 0.29) is 24.7 Å². The Balaban J connectivity index is 1.74. The molecule has 32 heavy (non-hydrogen) atoms. The number of halogens is 2. The number of aliphatic carboxylic acids is 1. The molecule has 2 aromatic rings. The lowest BCUT2D eigenvalue weighted by Crippen LogP contribution is -2.62. The zero-order valence-electron chi connectivity index (χ0n) is 17.2. The van der Waals surface area contributed by atoms with Crippen LogP contribution in [0.3, 0.4) is 0 Å². The fourth-order valence-corrected chi connectivity index (χ4v) is 5.69. The average Bonchev–Trinajstić information content (AvgIpc) is 3.51. The van der Waals surface area contributed by atoms with Crippen LogP contribution in [0, 0.1) is 11.8 Å². The first-order valence-corrected chi connectivity index (χ1v) is 11.5. The molecule has 2 amide bonds. The lowest BCUT2D eigenvalue weighted by molar-refractivity contribution is -0.160. The summed E-state index contributed by atoms with van der Waals surface area (Å²) >= 11 is 12.5. The molecule has 0 radical (unpaired) electrons. The van der Waals surface area contributed by atoms with Gasteiger partial charge in [-0.3, -0.25) is 14.4 Å². The second kappa shape index (κ2) is 7.78. The van der Waals surface area contributed by atoms with E-state index >= 15 is 0 Å². The van der Waals surface area contributed by atoms with Gasteiger partial charge < -0.3 is 15.3 Å². The zero-order chi connectivity index (χ0) is 22.6. The van der Waals surface area contributed by atoms with Crippen molar-refractivity contribution in [2.75, 3.05) is 11.9 Å². The second-order valence-corrected chi connectivity index (χ2v) is 9.81. The van der Waals surface area contributed by atoms with Gasteiger partial charge in [-0.15, -0.1) is 0 Å². The number of nitrogens with one attached hydrogen (secondary N) is 1. The normalized spacial score (nSPS) is 26.9. The van der Waals surface area contributed by atoms with Crippen molar-refractivity contribution in [2.45, 2.75) is 37.1 Å². The molecule has 1 saturated carbocycles. The maximum absolute atomic E-state index is 13.8. The summed E-state index contributed by atoms with van der Waals surface area (Å²) in [5.41, 5.74) is 0.804. The zero-order valence-corrected chi connectivity index (χ0v) is 18.7. The van der Waals surface area contributed by atoms with Crippen molar-refractivity contribution in [3.63, 3.8) is 0 Å². The van der Waals surface area contributed by atoms with Crippen LogP contribution in [-0.2, 0) is 19.9 Å². The van der Waals surface area contributed by atoms with Gasteiger partial charge in [0.15, 0.2) is 5.54 Å². The largest absolute Gasteiger partial charge is 0.481 e. The van der Waals surface area contributed by atoms with Crippen molar-refractivity contribution in [1.82, 2.24) is 4.90 Å². The van der Waals surface area contributed by atoms with Crippen LogP contribution in [0.1, 0.15) is 42.7 Å². The monoisotopic (exact) mass is 472 g/mol. The summed E-state index contributed by atoms with van der Waals surface area (Å²) in [6, 6.07) is 12.5. The highest BCUT2D eigenvalue weighted by Crippen LogP contribution is 2.56. The fourth-order valence-electron chi connectivity index (χ4n) is 5.32. The van der Waals surface area contributed by atoms with Crippen molar-refractivity contribution in [3.8, 4) is 0 Å². The lowest BCUT2D eigenvalue weighted by atomic mass is 9.66. The summed E-state index contributed by atoms with van der Waals surface area (Å²) in [5, 5.41) is 13.4. The van der Waals surface area contributed by atoms with Crippen LogP contribution < -0.4 is 5.32 Å². The van der Waals surface area contributed by atoms with Crippen LogP contribution >= 0.6 is 23.2 Å². The lowest BCUT2D eigenvalue weighted by Gasteiger charge is -2.51. The number of likely N-dealkylation sites (tertiary alicyclic amines) is 1. The highest BCUT2D eigenvalue weighted by molar-refractivity contribution is 6.31. The SMILES string of the molecule is O=C(O)C[C@@H]1CC(c2cccc(Cl)c2)[C@@]2(C(=O)Nc3cc(Cl)ccc32)N(CC2CC2)C1=O. The van der Waals surface area contributed by atoms with Gasteiger partial charge in [-0.1, -0.05) is 41.4 Å². The number of carboxylic acids is 1. The van der Waals surface area contributed by atoms with Crippen LogP contribution in [0.25, 0.3) is 0 Å². The Bertz CT molecular complexity index is 1130. The Labute approximate surface area is 195 Å². The molecule has 2 N–H and O–H groups in total. The quantitative estimate of drug-likeness (QED) is 0.662. The van der Waals surface area contributed by atoms with Gasteiger partial charge in [0, 0.05) is 39.7 Å². The van der Waals surface area contributed by atoms with Crippen LogP contribution in [0.2, 0.25) is 10.0 Å². The molecule has 2 aromatic carbocycles. The van der Waals surface area contributed by atoms with Crippen LogP contribution in [-0.4, -0.2) is 34.3 Å². The third-order valence-electron chi connectivity index (χ3n) is 6.86. The number of carboxylic acid groups (broad SMARTS) is 1. The molecule has 3 atom stereocenters. The number of carbonyl (C=O) groups is 3. The Morgan fingerprint density at radius 3 is 2.56 bits per heavy atom. The van der Waals surface area contributed by atoms with Gasteiger partial charge in [-0.2, -0.15) is 0 Å². The minimum atomic E-state index is -1.28. The number of nitrogens with zero attached hydrogens (tertiary/aromatic N) is 1. The van der Waals surface area contributed by atoms with E-state index in [0.29, 0.717) is 33.8 Å². The van der Waals surface area contributed by atoms with Crippen molar-refractivity contribution < 1.29 is 19.5 Å². The van der Waals surface area contributed by atoms with E-state index in [1.54, 1.807) is 35.2 Å². The Morgan fingerprint density at radius 1 is 1.12 bits per heavy atom. The number of fused-ring (bicyclic) bond motifs is 2. The molecule has 166 valence electrons. The first-order valence-electron chi connectivity index (χ1n) is 10.7. The van der Waals surface area contributed by atoms with Crippen LogP contribution in [0.5, 0.6) is 0 Å². The summed E-state index contributed by atoms with van der Waals surface area (Å²) < 4.78 is 0. The van der Waals surface area contributed by atoms with Crippen molar-refractivity contribution in [3.05, 3.63) is 63.6 Å². The first kappa shape index (κ1) is 21.3. The minimum absolute atomic E-state index is 0.238. The molecule has 1 spiro atoms. The molecule has 3 aliphatic rings. The summed E-state index contributed by atoms with van der Waals surface area (Å²) in [4.78, 5) is 40.7. The van der Waals surface area contributed by atoms with E-state index in [2.05, 4.69) is 5.32 Å². The molecule has 6 nitrogen and oxygen atoms in total. The first-order chi connectivity index (χ1) is 15.3. The minimum Gasteiger partial charge on any atom is -0.481 e. The maximum Gasteiger partial charge on any atom is 0.304 e. The van der Waals surface area contributed by atoms with Crippen molar-refractivity contribution >= 4 is 46.7 Å². The van der Waals surface area contributed by atoms with Gasteiger partial charge in [-0.25, -0.2) is 0 Å². The van der Waals surface area contributed by atoms with Crippen LogP contribution in [0.4, 0.5) is 5.69 Å². The highest BCUT2D eigenvalue weighted by atomic mass is 35.5. The second-order valence-electron chi connectivity index (χ2n) is 8.94. The van der Waals surface area contributed by atoms with Crippen molar-refractivity contribution in [2.24, 2.45) is 11.8 Å². The smallest absolute Gasteiger partial charge is 0.304 e. The van der Waals surface area contributed by atoms with E-state index in [0.717, 1.165) is 18.4 Å². The van der Waals surface area contributed by atoms with E-state index in [4.69, 9.17) is 23.2 Å². The number of rotatable bonds is 5. The number of amides is 2.